The van der Waals surface area contributed by atoms with Crippen molar-refractivity contribution < 1.29 is 4.52 Å². The third-order valence-corrected chi connectivity index (χ3v) is 4.48. The second kappa shape index (κ2) is 6.04. The lowest BCUT2D eigenvalue weighted by atomic mass is 9.87. The van der Waals surface area contributed by atoms with Crippen LogP contribution in [0, 0.1) is 11.8 Å². The summed E-state index contributed by atoms with van der Waals surface area (Å²) in [4.78, 5) is 4.50. The molecule has 0 spiro atoms. The summed E-state index contributed by atoms with van der Waals surface area (Å²) in [6, 6.07) is 0. The first-order valence-electron chi connectivity index (χ1n) is 7.67. The van der Waals surface area contributed by atoms with Crippen LogP contribution in [0.5, 0.6) is 0 Å². The van der Waals surface area contributed by atoms with Gasteiger partial charge in [-0.05, 0) is 37.5 Å². The molecule has 1 aliphatic carbocycles. The predicted octanol–water partition coefficient (Wildman–Crippen LogP) is 3.41. The highest BCUT2D eigenvalue weighted by atomic mass is 16.5. The van der Waals surface area contributed by atoms with Crippen molar-refractivity contribution in [1.29, 1.82) is 0 Å². The lowest BCUT2D eigenvalue weighted by Gasteiger charge is -2.24. The standard InChI is InChI=1S/C15H27N3O/c1-4-6-13-17-14(18-19-13)15(16)9-5-7-12(8-10-15)11(2)3/h11-12H,4-10,16H2,1-3H3. The lowest BCUT2D eigenvalue weighted by molar-refractivity contribution is 0.306. The number of rotatable bonds is 4. The van der Waals surface area contributed by atoms with E-state index in [0.717, 1.165) is 55.7 Å². The van der Waals surface area contributed by atoms with Crippen LogP contribution in [0.1, 0.15) is 71.0 Å². The van der Waals surface area contributed by atoms with Crippen molar-refractivity contribution in [3.8, 4) is 0 Å². The van der Waals surface area contributed by atoms with Crippen LogP contribution >= 0.6 is 0 Å². The maximum atomic E-state index is 6.57. The van der Waals surface area contributed by atoms with Gasteiger partial charge in [-0.1, -0.05) is 38.8 Å². The largest absolute Gasteiger partial charge is 0.339 e. The average Bonchev–Trinajstić information content (AvgIpc) is 2.73. The second-order valence-electron chi connectivity index (χ2n) is 6.35. The Morgan fingerprint density at radius 3 is 2.84 bits per heavy atom. The van der Waals surface area contributed by atoms with Gasteiger partial charge < -0.3 is 10.3 Å². The Morgan fingerprint density at radius 2 is 2.16 bits per heavy atom. The number of nitrogens with zero attached hydrogens (tertiary/aromatic N) is 2. The van der Waals surface area contributed by atoms with Crippen LogP contribution in [-0.4, -0.2) is 10.1 Å². The van der Waals surface area contributed by atoms with Crippen molar-refractivity contribution in [1.82, 2.24) is 10.1 Å². The number of hydrogen-bond donors (Lipinski definition) is 1. The predicted molar refractivity (Wildman–Crippen MR) is 75.6 cm³/mol. The van der Waals surface area contributed by atoms with E-state index in [4.69, 9.17) is 10.3 Å². The van der Waals surface area contributed by atoms with Crippen molar-refractivity contribution in [2.24, 2.45) is 17.6 Å². The van der Waals surface area contributed by atoms with Gasteiger partial charge in [0.2, 0.25) is 5.89 Å². The van der Waals surface area contributed by atoms with E-state index in [1.165, 1.54) is 12.8 Å². The van der Waals surface area contributed by atoms with Crippen LogP contribution in [0.2, 0.25) is 0 Å². The Balaban J connectivity index is 2.08. The van der Waals surface area contributed by atoms with Gasteiger partial charge in [0, 0.05) is 6.42 Å². The Hall–Kier alpha value is -0.900. The molecule has 0 radical (unpaired) electrons. The van der Waals surface area contributed by atoms with Gasteiger partial charge in [-0.25, -0.2) is 0 Å². The second-order valence-corrected chi connectivity index (χ2v) is 6.35. The molecule has 2 N–H and O–H groups in total. The molecule has 0 aromatic carbocycles. The molecule has 0 amide bonds. The summed E-state index contributed by atoms with van der Waals surface area (Å²) in [7, 11) is 0. The van der Waals surface area contributed by atoms with Crippen LogP contribution in [0.15, 0.2) is 4.52 Å². The zero-order chi connectivity index (χ0) is 13.9. The van der Waals surface area contributed by atoms with E-state index in [-0.39, 0.29) is 5.54 Å². The molecule has 1 fully saturated rings. The fraction of sp³-hybridized carbons (Fsp3) is 0.867. The first-order valence-corrected chi connectivity index (χ1v) is 7.67. The third kappa shape index (κ3) is 3.35. The fourth-order valence-electron chi connectivity index (χ4n) is 3.05. The number of aromatic nitrogens is 2. The molecule has 0 saturated heterocycles. The van der Waals surface area contributed by atoms with Crippen molar-refractivity contribution in [3.05, 3.63) is 11.7 Å². The molecule has 1 aromatic heterocycles. The SMILES string of the molecule is CCCc1nc(C2(N)CCCC(C(C)C)CC2)no1. The van der Waals surface area contributed by atoms with E-state index < -0.39 is 0 Å². The number of aryl methyl sites for hydroxylation is 1. The van der Waals surface area contributed by atoms with Gasteiger partial charge >= 0.3 is 0 Å². The highest BCUT2D eigenvalue weighted by molar-refractivity contribution is 5.05. The minimum absolute atomic E-state index is 0.376. The summed E-state index contributed by atoms with van der Waals surface area (Å²) in [5, 5.41) is 4.13. The van der Waals surface area contributed by atoms with Gasteiger partial charge in [0.25, 0.3) is 0 Å². The summed E-state index contributed by atoms with van der Waals surface area (Å²) in [5.41, 5.74) is 6.19. The minimum atomic E-state index is -0.376. The normalized spacial score (nSPS) is 28.6. The van der Waals surface area contributed by atoms with E-state index in [0.29, 0.717) is 0 Å². The maximum Gasteiger partial charge on any atom is 0.226 e. The molecular weight excluding hydrogens is 238 g/mol. The first kappa shape index (κ1) is 14.5. The fourth-order valence-corrected chi connectivity index (χ4v) is 3.05. The van der Waals surface area contributed by atoms with E-state index in [2.05, 4.69) is 30.9 Å². The molecule has 4 nitrogen and oxygen atoms in total. The van der Waals surface area contributed by atoms with Gasteiger partial charge in [-0.3, -0.25) is 0 Å². The molecule has 4 heteroatoms. The molecule has 1 saturated carbocycles. The topological polar surface area (TPSA) is 64.9 Å². The third-order valence-electron chi connectivity index (χ3n) is 4.48. The van der Waals surface area contributed by atoms with Gasteiger partial charge in [0.05, 0.1) is 5.54 Å². The lowest BCUT2D eigenvalue weighted by Crippen LogP contribution is -2.37. The van der Waals surface area contributed by atoms with Gasteiger partial charge in [-0.2, -0.15) is 4.98 Å². The van der Waals surface area contributed by atoms with Gasteiger partial charge in [-0.15, -0.1) is 0 Å². The highest BCUT2D eigenvalue weighted by Crippen LogP contribution is 2.37. The summed E-state index contributed by atoms with van der Waals surface area (Å²) >= 11 is 0. The molecule has 1 heterocycles. The quantitative estimate of drug-likeness (QED) is 0.847. The zero-order valence-electron chi connectivity index (χ0n) is 12.5. The van der Waals surface area contributed by atoms with E-state index in [1.807, 2.05) is 0 Å². The summed E-state index contributed by atoms with van der Waals surface area (Å²) in [5.74, 6) is 2.98. The summed E-state index contributed by atoms with van der Waals surface area (Å²) < 4.78 is 5.30. The number of nitrogens with two attached hydrogens (primary N) is 1. The summed E-state index contributed by atoms with van der Waals surface area (Å²) in [6.45, 7) is 6.73. The monoisotopic (exact) mass is 265 g/mol. The van der Waals surface area contributed by atoms with Crippen LogP contribution in [0.25, 0.3) is 0 Å². The van der Waals surface area contributed by atoms with Crippen molar-refractivity contribution in [3.63, 3.8) is 0 Å². The molecule has 2 rings (SSSR count). The molecule has 1 aliphatic rings. The molecule has 108 valence electrons. The summed E-state index contributed by atoms with van der Waals surface area (Å²) in [6.07, 6.45) is 7.42. The molecule has 2 atom stereocenters. The zero-order valence-corrected chi connectivity index (χ0v) is 12.5. The van der Waals surface area contributed by atoms with E-state index in [1.54, 1.807) is 0 Å². The first-order chi connectivity index (χ1) is 9.05. The Labute approximate surface area is 116 Å². The van der Waals surface area contributed by atoms with Crippen LogP contribution in [0.4, 0.5) is 0 Å². The Morgan fingerprint density at radius 1 is 1.37 bits per heavy atom. The van der Waals surface area contributed by atoms with Crippen molar-refractivity contribution in [2.45, 2.75) is 71.3 Å². The van der Waals surface area contributed by atoms with Crippen molar-refractivity contribution >= 4 is 0 Å². The van der Waals surface area contributed by atoms with Crippen LogP contribution in [-0.2, 0) is 12.0 Å². The van der Waals surface area contributed by atoms with Crippen molar-refractivity contribution in [2.75, 3.05) is 0 Å². The van der Waals surface area contributed by atoms with Crippen LogP contribution < -0.4 is 5.73 Å². The van der Waals surface area contributed by atoms with E-state index in [9.17, 15) is 0 Å². The van der Waals surface area contributed by atoms with E-state index >= 15 is 0 Å². The molecular formula is C15H27N3O. The molecule has 0 aliphatic heterocycles. The van der Waals surface area contributed by atoms with Crippen LogP contribution in [0.3, 0.4) is 0 Å². The molecule has 2 unspecified atom stereocenters. The molecule has 0 bridgehead atoms. The molecule has 19 heavy (non-hydrogen) atoms. The average molecular weight is 265 g/mol. The highest BCUT2D eigenvalue weighted by Gasteiger charge is 2.35. The number of hydrogen-bond acceptors (Lipinski definition) is 4. The Kier molecular flexibility index (Phi) is 4.61. The smallest absolute Gasteiger partial charge is 0.226 e. The van der Waals surface area contributed by atoms with Gasteiger partial charge in [0.15, 0.2) is 5.82 Å². The van der Waals surface area contributed by atoms with Gasteiger partial charge in [0.1, 0.15) is 0 Å². The Bertz CT molecular complexity index is 402. The minimum Gasteiger partial charge on any atom is -0.339 e. The molecule has 1 aromatic rings. The maximum absolute atomic E-state index is 6.57.